The first-order chi connectivity index (χ1) is 11.5. The molecule has 0 aliphatic carbocycles. The Morgan fingerprint density at radius 3 is 2.62 bits per heavy atom. The summed E-state index contributed by atoms with van der Waals surface area (Å²) in [6.45, 7) is 7.35. The van der Waals surface area contributed by atoms with Crippen molar-refractivity contribution in [2.45, 2.75) is 13.8 Å². The molecular weight excluding hydrogens is 304 g/mol. The lowest BCUT2D eigenvalue weighted by molar-refractivity contribution is -0.127. The zero-order chi connectivity index (χ0) is 17.3. The van der Waals surface area contributed by atoms with E-state index >= 15 is 0 Å². The van der Waals surface area contributed by atoms with Crippen molar-refractivity contribution in [2.24, 2.45) is 0 Å². The first kappa shape index (κ1) is 16.6. The maximum Gasteiger partial charge on any atom is 0.246 e. The third-order valence-electron chi connectivity index (χ3n) is 4.67. The van der Waals surface area contributed by atoms with Gasteiger partial charge in [-0.3, -0.25) is 4.79 Å². The van der Waals surface area contributed by atoms with Gasteiger partial charge < -0.3 is 19.0 Å². The number of allylic oxidation sites excluding steroid dienone is 1. The Balaban J connectivity index is 1.90. The van der Waals surface area contributed by atoms with Crippen LogP contribution in [0.3, 0.4) is 0 Å². The number of piperazine rings is 1. The topological polar surface area (TPSA) is 45.9 Å². The highest BCUT2D eigenvalue weighted by atomic mass is 16.5. The Hall–Kier alpha value is -2.27. The summed E-state index contributed by atoms with van der Waals surface area (Å²) in [6, 6.07) is 3.92. The predicted octanol–water partition coefficient (Wildman–Crippen LogP) is 2.93. The molecule has 0 unspecified atom stereocenters. The van der Waals surface area contributed by atoms with Gasteiger partial charge in [-0.15, -0.1) is 0 Å². The Morgan fingerprint density at radius 2 is 1.96 bits per heavy atom. The fourth-order valence-electron chi connectivity index (χ4n) is 3.04. The van der Waals surface area contributed by atoms with Gasteiger partial charge in [-0.05, 0) is 38.1 Å². The van der Waals surface area contributed by atoms with Crippen molar-refractivity contribution in [1.29, 1.82) is 0 Å². The second kappa shape index (κ2) is 6.69. The van der Waals surface area contributed by atoms with E-state index in [4.69, 9.17) is 9.15 Å². The third kappa shape index (κ3) is 3.17. The van der Waals surface area contributed by atoms with Crippen LogP contribution in [-0.2, 0) is 4.79 Å². The van der Waals surface area contributed by atoms with Crippen LogP contribution in [0.5, 0.6) is 5.75 Å². The van der Waals surface area contributed by atoms with E-state index in [9.17, 15) is 4.79 Å². The molecule has 1 amide bonds. The number of methoxy groups -OCH3 is 1. The highest BCUT2D eigenvalue weighted by molar-refractivity contribution is 5.97. The molecule has 1 aromatic carbocycles. The lowest BCUT2D eigenvalue weighted by Crippen LogP contribution is -2.46. The van der Waals surface area contributed by atoms with Crippen molar-refractivity contribution in [1.82, 2.24) is 9.80 Å². The van der Waals surface area contributed by atoms with Crippen LogP contribution in [-0.4, -0.2) is 56.0 Å². The van der Waals surface area contributed by atoms with Gasteiger partial charge in [0.05, 0.1) is 13.4 Å². The number of carbonyl (C=O) groups excluding carboxylic acids is 1. The first-order valence-electron chi connectivity index (χ1n) is 8.21. The van der Waals surface area contributed by atoms with Gasteiger partial charge in [0.15, 0.2) is 0 Å². The lowest BCUT2D eigenvalue weighted by atomic mass is 10.0. The summed E-state index contributed by atoms with van der Waals surface area (Å²) in [5.74, 6) is 0.781. The maximum atomic E-state index is 12.5. The van der Waals surface area contributed by atoms with Gasteiger partial charge in [0.2, 0.25) is 5.91 Å². The lowest BCUT2D eigenvalue weighted by Gasteiger charge is -2.31. The number of rotatable bonds is 3. The van der Waals surface area contributed by atoms with Crippen LogP contribution in [0.4, 0.5) is 0 Å². The van der Waals surface area contributed by atoms with Crippen LogP contribution in [0.15, 0.2) is 28.9 Å². The zero-order valence-corrected chi connectivity index (χ0v) is 14.8. The fourth-order valence-corrected chi connectivity index (χ4v) is 3.04. The van der Waals surface area contributed by atoms with Gasteiger partial charge in [-0.2, -0.15) is 0 Å². The van der Waals surface area contributed by atoms with E-state index in [1.54, 1.807) is 19.4 Å². The van der Waals surface area contributed by atoms with Crippen molar-refractivity contribution in [3.63, 3.8) is 0 Å². The molecule has 0 radical (unpaired) electrons. The van der Waals surface area contributed by atoms with Crippen LogP contribution in [0, 0.1) is 6.92 Å². The molecule has 3 rings (SSSR count). The average molecular weight is 328 g/mol. The van der Waals surface area contributed by atoms with Crippen LogP contribution < -0.4 is 4.74 Å². The van der Waals surface area contributed by atoms with Crippen LogP contribution in [0.2, 0.25) is 0 Å². The van der Waals surface area contributed by atoms with Gasteiger partial charge in [-0.25, -0.2) is 0 Å². The van der Waals surface area contributed by atoms with E-state index in [0.717, 1.165) is 59.6 Å². The normalized spacial score (nSPS) is 16.7. The van der Waals surface area contributed by atoms with Gasteiger partial charge >= 0.3 is 0 Å². The van der Waals surface area contributed by atoms with E-state index < -0.39 is 0 Å². The van der Waals surface area contributed by atoms with Gasteiger partial charge in [0.25, 0.3) is 0 Å². The standard InChI is InChI=1S/C19H24N2O3/c1-13(9-19(22)21-7-5-20(3)6-8-21)15-10-16-14(2)12-24-18(16)11-17(15)23-4/h9-12H,5-8H2,1-4H3/b13-9+. The summed E-state index contributed by atoms with van der Waals surface area (Å²) in [4.78, 5) is 16.7. The predicted molar refractivity (Wildman–Crippen MR) is 95.2 cm³/mol. The summed E-state index contributed by atoms with van der Waals surface area (Å²) in [7, 11) is 3.71. The number of carbonyl (C=O) groups is 1. The van der Waals surface area contributed by atoms with Crippen molar-refractivity contribution in [3.8, 4) is 5.75 Å². The van der Waals surface area contributed by atoms with E-state index in [2.05, 4.69) is 11.9 Å². The molecule has 0 bridgehead atoms. The van der Waals surface area contributed by atoms with Crippen molar-refractivity contribution in [3.05, 3.63) is 35.6 Å². The minimum Gasteiger partial charge on any atom is -0.496 e. The molecule has 128 valence electrons. The molecule has 1 saturated heterocycles. The Kier molecular flexibility index (Phi) is 4.62. The molecule has 5 heteroatoms. The molecule has 1 aliphatic rings. The highest BCUT2D eigenvalue weighted by Crippen LogP contribution is 2.33. The Bertz CT molecular complexity index is 783. The maximum absolute atomic E-state index is 12.5. The Morgan fingerprint density at radius 1 is 1.25 bits per heavy atom. The average Bonchev–Trinajstić information content (AvgIpc) is 2.94. The molecule has 5 nitrogen and oxygen atoms in total. The highest BCUT2D eigenvalue weighted by Gasteiger charge is 2.18. The summed E-state index contributed by atoms with van der Waals surface area (Å²) in [6.07, 6.45) is 3.45. The minimum absolute atomic E-state index is 0.0617. The van der Waals surface area contributed by atoms with Crippen LogP contribution >= 0.6 is 0 Å². The van der Waals surface area contributed by atoms with Crippen molar-refractivity contribution in [2.75, 3.05) is 40.3 Å². The summed E-state index contributed by atoms with van der Waals surface area (Å²) in [5, 5.41) is 1.05. The molecule has 0 N–H and O–H groups in total. The number of likely N-dealkylation sites (N-methyl/N-ethyl adjacent to an activating group) is 1. The molecule has 1 aromatic heterocycles. The van der Waals surface area contributed by atoms with Gasteiger partial charge in [-0.1, -0.05) is 0 Å². The number of benzene rings is 1. The Labute approximate surface area is 142 Å². The van der Waals surface area contributed by atoms with Crippen molar-refractivity contribution >= 4 is 22.4 Å². The van der Waals surface area contributed by atoms with E-state index in [0.29, 0.717) is 0 Å². The number of hydrogen-bond acceptors (Lipinski definition) is 4. The molecule has 1 aliphatic heterocycles. The number of furan rings is 1. The quantitative estimate of drug-likeness (QED) is 0.813. The van der Waals surface area contributed by atoms with Crippen LogP contribution in [0.1, 0.15) is 18.1 Å². The zero-order valence-electron chi connectivity index (χ0n) is 14.8. The molecule has 0 spiro atoms. The largest absolute Gasteiger partial charge is 0.496 e. The van der Waals surface area contributed by atoms with E-state index in [1.807, 2.05) is 30.9 Å². The summed E-state index contributed by atoms with van der Waals surface area (Å²) >= 11 is 0. The number of aryl methyl sites for hydroxylation is 1. The first-order valence-corrected chi connectivity index (χ1v) is 8.21. The number of fused-ring (bicyclic) bond motifs is 1. The van der Waals surface area contributed by atoms with Crippen LogP contribution in [0.25, 0.3) is 16.5 Å². The fraction of sp³-hybridized carbons (Fsp3) is 0.421. The monoisotopic (exact) mass is 328 g/mol. The van der Waals surface area contributed by atoms with Crippen molar-refractivity contribution < 1.29 is 13.9 Å². The SMILES string of the molecule is COc1cc2occ(C)c2cc1/C(C)=C/C(=O)N1CCN(C)CC1. The molecular formula is C19H24N2O3. The van der Waals surface area contributed by atoms with E-state index in [-0.39, 0.29) is 5.91 Å². The number of nitrogens with zero attached hydrogens (tertiary/aromatic N) is 2. The summed E-state index contributed by atoms with van der Waals surface area (Å²) in [5.41, 5.74) is 3.70. The summed E-state index contributed by atoms with van der Waals surface area (Å²) < 4.78 is 11.0. The third-order valence-corrected chi connectivity index (χ3v) is 4.67. The molecule has 0 atom stereocenters. The molecule has 2 aromatic rings. The second-order valence-corrected chi connectivity index (χ2v) is 6.42. The molecule has 2 heterocycles. The smallest absolute Gasteiger partial charge is 0.246 e. The molecule has 0 saturated carbocycles. The molecule has 24 heavy (non-hydrogen) atoms. The number of ether oxygens (including phenoxy) is 1. The van der Waals surface area contributed by atoms with E-state index in [1.165, 1.54) is 0 Å². The number of hydrogen-bond donors (Lipinski definition) is 0. The minimum atomic E-state index is 0.0617. The molecule has 1 fully saturated rings. The van der Waals surface area contributed by atoms with Gasteiger partial charge in [0, 0.05) is 49.3 Å². The van der Waals surface area contributed by atoms with Gasteiger partial charge in [0.1, 0.15) is 11.3 Å². The number of amides is 1. The second-order valence-electron chi connectivity index (χ2n) is 6.42.